The van der Waals surface area contributed by atoms with Crippen molar-refractivity contribution in [2.45, 2.75) is 19.8 Å². The van der Waals surface area contributed by atoms with Crippen molar-refractivity contribution in [3.63, 3.8) is 0 Å². The van der Waals surface area contributed by atoms with Gasteiger partial charge in [0.2, 0.25) is 0 Å². The summed E-state index contributed by atoms with van der Waals surface area (Å²) in [5.41, 5.74) is 4.35. The predicted octanol–water partition coefficient (Wildman–Crippen LogP) is 5.61. The second-order valence-corrected chi connectivity index (χ2v) is 7.29. The second kappa shape index (κ2) is 7.48. The van der Waals surface area contributed by atoms with Gasteiger partial charge in [-0.25, -0.2) is 0 Å². The molecule has 4 aromatic rings. The highest BCUT2D eigenvalue weighted by molar-refractivity contribution is 5.87. The van der Waals surface area contributed by atoms with Crippen LogP contribution in [0.25, 0.3) is 40.7 Å². The number of H-pyrrole nitrogens is 1. The molecule has 0 bridgehead atoms. The average molecular weight is 379 g/mol. The van der Waals surface area contributed by atoms with Gasteiger partial charge in [-0.15, -0.1) is 6.58 Å². The third kappa shape index (κ3) is 2.98. The van der Waals surface area contributed by atoms with Crippen LogP contribution in [0.2, 0.25) is 0 Å². The Labute approximate surface area is 170 Å². The van der Waals surface area contributed by atoms with Gasteiger partial charge in [-0.1, -0.05) is 68.3 Å². The summed E-state index contributed by atoms with van der Waals surface area (Å²) in [7, 11) is 0. The van der Waals surface area contributed by atoms with Gasteiger partial charge in [0.1, 0.15) is 0 Å². The van der Waals surface area contributed by atoms with Crippen LogP contribution in [-0.2, 0) is 0 Å². The number of para-hydroxylation sites is 2. The molecule has 0 atom stereocenters. The Balaban J connectivity index is 2.20. The molecule has 0 spiro atoms. The van der Waals surface area contributed by atoms with Crippen molar-refractivity contribution in [3.05, 3.63) is 101 Å². The maximum absolute atomic E-state index is 4.48. The average Bonchev–Trinajstić information content (AvgIpc) is 3.23. The van der Waals surface area contributed by atoms with Gasteiger partial charge >= 0.3 is 0 Å². The van der Waals surface area contributed by atoms with Crippen molar-refractivity contribution < 1.29 is 0 Å². The van der Waals surface area contributed by atoms with Gasteiger partial charge in [0.15, 0.2) is 0 Å². The number of hydrogen-bond acceptors (Lipinski definition) is 0. The number of fused-ring (bicyclic) bond motifs is 2. The van der Waals surface area contributed by atoms with Crippen molar-refractivity contribution in [1.82, 2.24) is 9.55 Å². The second-order valence-electron chi connectivity index (χ2n) is 7.29. The number of hydrogen-bond donors (Lipinski definition) is 1. The lowest BCUT2D eigenvalue weighted by Crippen LogP contribution is -2.09. The number of allylic oxidation sites excluding steroid dienone is 4. The van der Waals surface area contributed by atoms with Crippen LogP contribution < -0.4 is 10.4 Å². The molecule has 2 nitrogen and oxygen atoms in total. The van der Waals surface area contributed by atoms with Crippen LogP contribution in [0.4, 0.5) is 0 Å². The van der Waals surface area contributed by atoms with Crippen LogP contribution in [0.3, 0.4) is 0 Å². The Kier molecular flexibility index (Phi) is 4.85. The first-order valence-corrected chi connectivity index (χ1v) is 9.92. The maximum atomic E-state index is 4.48. The van der Waals surface area contributed by atoms with E-state index in [2.05, 4.69) is 85.3 Å². The number of nitrogens with one attached hydrogen (secondary N) is 1. The standard InChI is InChI=1S/C27H26N2/c1-6-8-13-21(7-2)20(5)29-25-17-12-10-15-23(25)19(4)27(29)26-18(3)22-14-9-11-16-24(22)28-26/h6-7,9-12,14-17,28H,1,3-5,8,13H2,2H3/b21-7+,27-26+. The molecule has 2 aromatic heterocycles. The fraction of sp³-hybridized carbons (Fsp3) is 0.111. The molecule has 0 aliphatic carbocycles. The first-order valence-electron chi connectivity index (χ1n) is 9.92. The molecule has 2 aromatic carbocycles. The Hall–Kier alpha value is -3.52. The van der Waals surface area contributed by atoms with Crippen molar-refractivity contribution in [2.75, 3.05) is 0 Å². The Morgan fingerprint density at radius 1 is 1.00 bits per heavy atom. The fourth-order valence-corrected chi connectivity index (χ4v) is 4.11. The first-order chi connectivity index (χ1) is 14.1. The SMILES string of the molecule is C=CCC/C(=C\C)C(=C)n1/c(=c2/[nH]c3ccccc3c2=C)c(=C)c2ccccc21. The molecule has 144 valence electrons. The van der Waals surface area contributed by atoms with E-state index in [1.54, 1.807) is 0 Å². The smallest absolute Gasteiger partial charge is 0.0776 e. The maximum Gasteiger partial charge on any atom is 0.0776 e. The van der Waals surface area contributed by atoms with Crippen LogP contribution in [-0.4, -0.2) is 9.55 Å². The summed E-state index contributed by atoms with van der Waals surface area (Å²) < 4.78 is 2.23. The number of aromatic amines is 1. The fourth-order valence-electron chi connectivity index (χ4n) is 4.11. The Morgan fingerprint density at radius 2 is 1.69 bits per heavy atom. The van der Waals surface area contributed by atoms with Crippen molar-refractivity contribution in [1.29, 1.82) is 0 Å². The van der Waals surface area contributed by atoms with Crippen LogP contribution in [0.15, 0.2) is 79.4 Å². The minimum Gasteiger partial charge on any atom is -0.353 e. The van der Waals surface area contributed by atoms with Gasteiger partial charge in [-0.05, 0) is 37.5 Å². The molecular formula is C27H26N2. The lowest BCUT2D eigenvalue weighted by Gasteiger charge is -2.13. The largest absolute Gasteiger partial charge is 0.353 e. The quantitative estimate of drug-likeness (QED) is 0.344. The summed E-state index contributed by atoms with van der Waals surface area (Å²) in [5.74, 6) is 0. The molecule has 0 aliphatic heterocycles. The minimum atomic E-state index is 0.904. The summed E-state index contributed by atoms with van der Waals surface area (Å²) >= 11 is 0. The minimum absolute atomic E-state index is 0.904. The van der Waals surface area contributed by atoms with Gasteiger partial charge in [0, 0.05) is 32.4 Å². The highest BCUT2D eigenvalue weighted by atomic mass is 15.0. The van der Waals surface area contributed by atoms with Crippen LogP contribution in [0, 0.1) is 10.7 Å². The van der Waals surface area contributed by atoms with Crippen molar-refractivity contribution in [2.24, 2.45) is 0 Å². The number of rotatable bonds is 5. The molecule has 4 rings (SSSR count). The predicted molar refractivity (Wildman–Crippen MR) is 127 cm³/mol. The molecular weight excluding hydrogens is 352 g/mol. The lowest BCUT2D eigenvalue weighted by molar-refractivity contribution is 0.969. The summed E-state index contributed by atoms with van der Waals surface area (Å²) in [4.78, 5) is 3.58. The summed E-state index contributed by atoms with van der Waals surface area (Å²) in [6, 6.07) is 16.6. The topological polar surface area (TPSA) is 20.7 Å². The normalized spacial score (nSPS) is 13.2. The number of benzene rings is 2. The zero-order valence-electron chi connectivity index (χ0n) is 17.0. The van der Waals surface area contributed by atoms with E-state index in [1.165, 1.54) is 5.57 Å². The highest BCUT2D eigenvalue weighted by Crippen LogP contribution is 2.25. The van der Waals surface area contributed by atoms with E-state index in [4.69, 9.17) is 0 Å². The van der Waals surface area contributed by atoms with E-state index in [1.807, 2.05) is 18.2 Å². The molecule has 0 radical (unpaired) electrons. The van der Waals surface area contributed by atoms with Crippen LogP contribution in [0.1, 0.15) is 19.8 Å². The number of aromatic nitrogens is 2. The van der Waals surface area contributed by atoms with Crippen LogP contribution >= 0.6 is 0 Å². The third-order valence-electron chi connectivity index (χ3n) is 5.64. The summed E-state index contributed by atoms with van der Waals surface area (Å²) in [6.07, 6.45) is 5.91. The van der Waals surface area contributed by atoms with E-state index >= 15 is 0 Å². The van der Waals surface area contributed by atoms with E-state index in [-0.39, 0.29) is 0 Å². The number of nitrogens with zero attached hydrogens (tertiary/aromatic N) is 1. The molecule has 0 aliphatic rings. The summed E-state index contributed by atoms with van der Waals surface area (Å²) in [5, 5.41) is 6.24. The zero-order valence-corrected chi connectivity index (χ0v) is 17.0. The molecule has 1 N–H and O–H groups in total. The molecule has 2 heteroatoms. The van der Waals surface area contributed by atoms with E-state index < -0.39 is 0 Å². The van der Waals surface area contributed by atoms with E-state index in [9.17, 15) is 0 Å². The van der Waals surface area contributed by atoms with Crippen LogP contribution in [0.5, 0.6) is 0 Å². The molecule has 0 amide bonds. The molecule has 29 heavy (non-hydrogen) atoms. The van der Waals surface area contributed by atoms with E-state index in [0.29, 0.717) is 0 Å². The van der Waals surface area contributed by atoms with Gasteiger partial charge < -0.3 is 9.55 Å². The Morgan fingerprint density at radius 3 is 2.38 bits per heavy atom. The van der Waals surface area contributed by atoms with Gasteiger partial charge in [-0.2, -0.15) is 0 Å². The Bertz CT molecular complexity index is 1480. The van der Waals surface area contributed by atoms with Crippen molar-refractivity contribution in [3.8, 4) is 0 Å². The lowest BCUT2D eigenvalue weighted by atomic mass is 10.1. The zero-order chi connectivity index (χ0) is 20.5. The molecule has 2 heterocycles. The van der Waals surface area contributed by atoms with Gasteiger partial charge in [0.25, 0.3) is 0 Å². The molecule has 0 unspecified atom stereocenters. The van der Waals surface area contributed by atoms with Gasteiger partial charge in [-0.3, -0.25) is 0 Å². The van der Waals surface area contributed by atoms with Crippen molar-refractivity contribution >= 4 is 40.7 Å². The highest BCUT2D eigenvalue weighted by Gasteiger charge is 2.13. The summed E-state index contributed by atoms with van der Waals surface area (Å²) in [6.45, 7) is 19.2. The van der Waals surface area contributed by atoms with Gasteiger partial charge in [0.05, 0.1) is 16.2 Å². The van der Waals surface area contributed by atoms with E-state index in [0.717, 1.165) is 61.5 Å². The molecule has 0 fully saturated rings. The third-order valence-corrected chi connectivity index (χ3v) is 5.64. The molecule has 0 saturated carbocycles. The molecule has 0 saturated heterocycles. The monoisotopic (exact) mass is 378 g/mol. The first kappa shape index (κ1) is 18.8.